The predicted octanol–water partition coefficient (Wildman–Crippen LogP) is 5.13. The molecule has 142 valence electrons. The van der Waals surface area contributed by atoms with Gasteiger partial charge in [0.05, 0.1) is 19.8 Å². The molecule has 0 radical (unpaired) electrons. The molecule has 0 spiro atoms. The molecule has 1 N–H and O–H groups in total. The molecule has 0 unspecified atom stereocenters. The Morgan fingerprint density at radius 1 is 0.929 bits per heavy atom. The number of fused-ring (bicyclic) bond motifs is 1. The van der Waals surface area contributed by atoms with Crippen molar-refractivity contribution in [1.29, 1.82) is 0 Å². The van der Waals surface area contributed by atoms with Gasteiger partial charge in [0.2, 0.25) is 0 Å². The Hall–Kier alpha value is -3.18. The van der Waals surface area contributed by atoms with E-state index in [1.165, 1.54) is 0 Å². The lowest BCUT2D eigenvalue weighted by Gasteiger charge is -2.38. The highest BCUT2D eigenvalue weighted by molar-refractivity contribution is 6.30. The van der Waals surface area contributed by atoms with E-state index in [4.69, 9.17) is 21.1 Å². The van der Waals surface area contributed by atoms with E-state index in [1.54, 1.807) is 31.3 Å². The van der Waals surface area contributed by atoms with E-state index < -0.39 is 6.17 Å². The molecule has 0 bridgehead atoms. The molecule has 3 aromatic rings. The van der Waals surface area contributed by atoms with Gasteiger partial charge in [0.1, 0.15) is 6.17 Å². The van der Waals surface area contributed by atoms with Crippen LogP contribution in [0.3, 0.4) is 0 Å². The van der Waals surface area contributed by atoms with E-state index in [9.17, 15) is 4.79 Å². The normalized spacial score (nSPS) is 15.6. The highest BCUT2D eigenvalue weighted by Gasteiger charge is 2.34. The van der Waals surface area contributed by atoms with Crippen molar-refractivity contribution in [1.82, 2.24) is 0 Å². The number of hydrogen-bond donors (Lipinski definition) is 1. The van der Waals surface area contributed by atoms with Gasteiger partial charge in [-0.05, 0) is 54.1 Å². The molecule has 1 heterocycles. The van der Waals surface area contributed by atoms with Gasteiger partial charge >= 0.3 is 0 Å². The van der Waals surface area contributed by atoms with E-state index in [2.05, 4.69) is 5.32 Å². The standard InChI is InChI=1S/C22H19ClN2O3/c1-27-19-12-7-14(13-20(19)28-2)21-24-18-6-4-3-5-17(18)22(26)25(21)16-10-8-15(23)9-11-16/h3-13,21,24H,1-2H3/t21-/m1/s1. The van der Waals surface area contributed by atoms with Crippen LogP contribution in [0.5, 0.6) is 11.5 Å². The minimum Gasteiger partial charge on any atom is -0.493 e. The molecule has 1 amide bonds. The summed E-state index contributed by atoms with van der Waals surface area (Å²) in [5.74, 6) is 1.15. The lowest BCUT2D eigenvalue weighted by Crippen LogP contribution is -2.43. The minimum atomic E-state index is -0.414. The summed E-state index contributed by atoms with van der Waals surface area (Å²) in [5, 5.41) is 4.09. The fourth-order valence-corrected chi connectivity index (χ4v) is 3.50. The maximum Gasteiger partial charge on any atom is 0.262 e. The molecule has 6 heteroatoms. The molecule has 5 nitrogen and oxygen atoms in total. The second kappa shape index (κ2) is 7.44. The third-order valence-electron chi connectivity index (χ3n) is 4.75. The second-order valence-electron chi connectivity index (χ2n) is 6.36. The van der Waals surface area contributed by atoms with Gasteiger partial charge in [0, 0.05) is 16.4 Å². The number of halogens is 1. The van der Waals surface area contributed by atoms with Crippen LogP contribution in [-0.4, -0.2) is 20.1 Å². The highest BCUT2D eigenvalue weighted by Crippen LogP contribution is 2.39. The SMILES string of the molecule is COc1ccc([C@@H]2Nc3ccccc3C(=O)N2c2ccc(Cl)cc2)cc1OC. The maximum atomic E-state index is 13.4. The number of nitrogens with zero attached hydrogens (tertiary/aromatic N) is 1. The molecule has 3 aromatic carbocycles. The average Bonchev–Trinajstić information content (AvgIpc) is 2.74. The largest absolute Gasteiger partial charge is 0.493 e. The zero-order valence-corrected chi connectivity index (χ0v) is 16.2. The predicted molar refractivity (Wildman–Crippen MR) is 111 cm³/mol. The Morgan fingerprint density at radius 3 is 2.36 bits per heavy atom. The van der Waals surface area contributed by atoms with Crippen LogP contribution in [-0.2, 0) is 0 Å². The van der Waals surface area contributed by atoms with Gasteiger partial charge in [-0.1, -0.05) is 29.8 Å². The summed E-state index contributed by atoms with van der Waals surface area (Å²) in [5.41, 5.74) is 3.03. The van der Waals surface area contributed by atoms with Crippen LogP contribution in [0.25, 0.3) is 0 Å². The number of carbonyl (C=O) groups excluding carboxylic acids is 1. The Morgan fingerprint density at radius 2 is 1.64 bits per heavy atom. The minimum absolute atomic E-state index is 0.0866. The zero-order valence-electron chi connectivity index (χ0n) is 15.5. The number of anilines is 2. The molecule has 0 saturated carbocycles. The third kappa shape index (κ3) is 3.14. The van der Waals surface area contributed by atoms with Crippen LogP contribution in [0.1, 0.15) is 22.1 Å². The second-order valence-corrected chi connectivity index (χ2v) is 6.79. The molecule has 0 saturated heterocycles. The molecule has 1 aliphatic rings. The Kier molecular flexibility index (Phi) is 4.84. The van der Waals surface area contributed by atoms with E-state index in [0.717, 1.165) is 16.9 Å². The number of benzene rings is 3. The number of rotatable bonds is 4. The van der Waals surface area contributed by atoms with E-state index in [0.29, 0.717) is 22.1 Å². The smallest absolute Gasteiger partial charge is 0.262 e. The summed E-state index contributed by atoms with van der Waals surface area (Å²) in [4.78, 5) is 15.1. The lowest BCUT2D eigenvalue weighted by atomic mass is 10.0. The van der Waals surface area contributed by atoms with Crippen molar-refractivity contribution < 1.29 is 14.3 Å². The summed E-state index contributed by atoms with van der Waals surface area (Å²) in [7, 11) is 3.18. The average molecular weight is 395 g/mol. The Bertz CT molecular complexity index is 1020. The van der Waals surface area contributed by atoms with Crippen molar-refractivity contribution in [2.45, 2.75) is 6.17 Å². The summed E-state index contributed by atoms with van der Waals surface area (Å²) in [6.45, 7) is 0. The zero-order chi connectivity index (χ0) is 19.7. The molecule has 4 rings (SSSR count). The number of methoxy groups -OCH3 is 2. The maximum absolute atomic E-state index is 13.4. The summed E-state index contributed by atoms with van der Waals surface area (Å²) < 4.78 is 10.8. The molecular weight excluding hydrogens is 376 g/mol. The van der Waals surface area contributed by atoms with Crippen molar-refractivity contribution >= 4 is 28.9 Å². The number of hydrogen-bond acceptors (Lipinski definition) is 4. The Balaban J connectivity index is 1.85. The number of carbonyl (C=O) groups is 1. The van der Waals surface area contributed by atoms with E-state index in [-0.39, 0.29) is 5.91 Å². The first-order valence-electron chi connectivity index (χ1n) is 8.79. The number of amides is 1. The first kappa shape index (κ1) is 18.2. The van der Waals surface area contributed by atoms with Crippen molar-refractivity contribution in [3.63, 3.8) is 0 Å². The van der Waals surface area contributed by atoms with Crippen molar-refractivity contribution in [2.75, 3.05) is 24.4 Å². The van der Waals surface area contributed by atoms with Gasteiger partial charge in [-0.2, -0.15) is 0 Å². The molecule has 0 aliphatic carbocycles. The fraction of sp³-hybridized carbons (Fsp3) is 0.136. The third-order valence-corrected chi connectivity index (χ3v) is 5.01. The van der Waals surface area contributed by atoms with Gasteiger partial charge in [-0.15, -0.1) is 0 Å². The first-order valence-corrected chi connectivity index (χ1v) is 9.17. The van der Waals surface area contributed by atoms with Gasteiger partial charge in [-0.25, -0.2) is 0 Å². The fourth-order valence-electron chi connectivity index (χ4n) is 3.38. The molecule has 28 heavy (non-hydrogen) atoms. The van der Waals surface area contributed by atoms with Crippen molar-refractivity contribution in [3.8, 4) is 11.5 Å². The molecular formula is C22H19ClN2O3. The van der Waals surface area contributed by atoms with Gasteiger partial charge in [0.15, 0.2) is 11.5 Å². The monoisotopic (exact) mass is 394 g/mol. The first-order chi connectivity index (χ1) is 13.6. The lowest BCUT2D eigenvalue weighted by molar-refractivity contribution is 0.0975. The number of para-hydroxylation sites is 1. The van der Waals surface area contributed by atoms with Crippen LogP contribution in [0, 0.1) is 0 Å². The molecule has 1 atom stereocenters. The van der Waals surface area contributed by atoms with E-state index in [1.807, 2.05) is 54.6 Å². The van der Waals surface area contributed by atoms with Crippen LogP contribution >= 0.6 is 11.6 Å². The van der Waals surface area contributed by atoms with Crippen molar-refractivity contribution in [3.05, 3.63) is 82.9 Å². The van der Waals surface area contributed by atoms with E-state index >= 15 is 0 Å². The van der Waals surface area contributed by atoms with Crippen LogP contribution in [0.15, 0.2) is 66.7 Å². The summed E-state index contributed by atoms with van der Waals surface area (Å²) in [6.07, 6.45) is -0.414. The summed E-state index contributed by atoms with van der Waals surface area (Å²) >= 11 is 6.04. The number of nitrogens with one attached hydrogen (secondary N) is 1. The van der Waals surface area contributed by atoms with Crippen molar-refractivity contribution in [2.24, 2.45) is 0 Å². The van der Waals surface area contributed by atoms with Gasteiger partial charge < -0.3 is 14.8 Å². The number of ether oxygens (including phenoxy) is 2. The Labute approximate surface area is 168 Å². The molecule has 0 fully saturated rings. The highest BCUT2D eigenvalue weighted by atomic mass is 35.5. The van der Waals surface area contributed by atoms with Gasteiger partial charge in [-0.3, -0.25) is 9.69 Å². The van der Waals surface area contributed by atoms with Gasteiger partial charge in [0.25, 0.3) is 5.91 Å². The quantitative estimate of drug-likeness (QED) is 0.666. The van der Waals surface area contributed by atoms with Crippen LogP contribution in [0.2, 0.25) is 5.02 Å². The van der Waals surface area contributed by atoms with Crippen LogP contribution < -0.4 is 19.7 Å². The van der Waals surface area contributed by atoms with Crippen LogP contribution in [0.4, 0.5) is 11.4 Å². The molecule has 1 aliphatic heterocycles. The topological polar surface area (TPSA) is 50.8 Å². The molecule has 0 aromatic heterocycles. The summed E-state index contributed by atoms with van der Waals surface area (Å²) in [6, 6.07) is 20.3.